The van der Waals surface area contributed by atoms with E-state index >= 15 is 0 Å². The van der Waals surface area contributed by atoms with Crippen LogP contribution in [0.4, 0.5) is 0 Å². The maximum atomic E-state index is 12.8. The lowest BCUT2D eigenvalue weighted by Crippen LogP contribution is -2.30. The van der Waals surface area contributed by atoms with E-state index in [-0.39, 0.29) is 31.1 Å². The largest absolute Gasteiger partial charge is 0.462 e. The minimum absolute atomic E-state index is 0.0775. The molecule has 402 valence electrons. The summed E-state index contributed by atoms with van der Waals surface area (Å²) in [5.74, 6) is -0.884. The summed E-state index contributed by atoms with van der Waals surface area (Å²) in [7, 11) is 0. The average Bonchev–Trinajstić information content (AvgIpc) is 3.35. The van der Waals surface area contributed by atoms with Crippen molar-refractivity contribution in [1.29, 1.82) is 0 Å². The van der Waals surface area contributed by atoms with Crippen LogP contribution < -0.4 is 0 Å². The molecule has 0 saturated carbocycles. The van der Waals surface area contributed by atoms with Gasteiger partial charge in [0.1, 0.15) is 13.2 Å². The number of hydrogen-bond donors (Lipinski definition) is 0. The Hall–Kier alpha value is -2.63. The van der Waals surface area contributed by atoms with E-state index in [9.17, 15) is 14.4 Å². The highest BCUT2D eigenvalue weighted by Gasteiger charge is 2.19. The molecule has 0 bridgehead atoms. The summed E-state index contributed by atoms with van der Waals surface area (Å²) in [6, 6.07) is 0. The summed E-state index contributed by atoms with van der Waals surface area (Å²) in [6.07, 6.45) is 71.1. The summed E-state index contributed by atoms with van der Waals surface area (Å²) >= 11 is 0. The van der Waals surface area contributed by atoms with Crippen molar-refractivity contribution < 1.29 is 28.6 Å². The Kier molecular flexibility index (Phi) is 55.7. The van der Waals surface area contributed by atoms with Crippen LogP contribution in [0, 0.1) is 0 Å². The first-order chi connectivity index (χ1) is 34.0. The van der Waals surface area contributed by atoms with Crippen molar-refractivity contribution in [3.63, 3.8) is 0 Å². The molecule has 0 heterocycles. The lowest BCUT2D eigenvalue weighted by Gasteiger charge is -2.18. The maximum absolute atomic E-state index is 12.8. The number of rotatable bonds is 55. The second-order valence-corrected chi connectivity index (χ2v) is 20.2. The first-order valence-corrected chi connectivity index (χ1v) is 30.1. The molecule has 0 aliphatic carbocycles. The molecule has 0 aromatic carbocycles. The van der Waals surface area contributed by atoms with Gasteiger partial charge in [0.15, 0.2) is 6.10 Å². The number of carbonyl (C=O) groups excluding carboxylic acids is 3. The summed E-state index contributed by atoms with van der Waals surface area (Å²) in [4.78, 5) is 38.1. The van der Waals surface area contributed by atoms with E-state index in [1.807, 2.05) is 0 Å². The van der Waals surface area contributed by atoms with Crippen molar-refractivity contribution in [1.82, 2.24) is 0 Å². The van der Waals surface area contributed by atoms with Gasteiger partial charge in [-0.2, -0.15) is 0 Å². The molecule has 69 heavy (non-hydrogen) atoms. The van der Waals surface area contributed by atoms with E-state index in [1.165, 1.54) is 199 Å². The predicted octanol–water partition coefficient (Wildman–Crippen LogP) is 20.2. The minimum Gasteiger partial charge on any atom is -0.462 e. The Balaban J connectivity index is 4.23. The number of unbranched alkanes of at least 4 members (excludes halogenated alkanes) is 36. The molecule has 0 aromatic heterocycles. The van der Waals surface area contributed by atoms with Crippen molar-refractivity contribution in [2.75, 3.05) is 13.2 Å². The first kappa shape index (κ1) is 66.4. The summed E-state index contributed by atoms with van der Waals surface area (Å²) in [5, 5.41) is 0. The van der Waals surface area contributed by atoms with Gasteiger partial charge in [-0.3, -0.25) is 14.4 Å². The summed E-state index contributed by atoms with van der Waals surface area (Å²) in [5.41, 5.74) is 0. The fraction of sp³-hybridized carbons (Fsp3) is 0.825. The van der Waals surface area contributed by atoms with Crippen molar-refractivity contribution in [2.24, 2.45) is 0 Å². The van der Waals surface area contributed by atoms with Gasteiger partial charge in [0.05, 0.1) is 0 Å². The molecule has 0 fully saturated rings. The van der Waals surface area contributed by atoms with Gasteiger partial charge in [-0.05, 0) is 96.3 Å². The molecular formula is C63H114O6. The maximum Gasteiger partial charge on any atom is 0.306 e. The lowest BCUT2D eigenvalue weighted by molar-refractivity contribution is -0.167. The number of esters is 3. The van der Waals surface area contributed by atoms with Crippen LogP contribution in [0.25, 0.3) is 0 Å². The Morgan fingerprint density at radius 3 is 0.855 bits per heavy atom. The fourth-order valence-electron chi connectivity index (χ4n) is 8.69. The molecule has 0 radical (unpaired) electrons. The minimum atomic E-state index is -0.779. The van der Waals surface area contributed by atoms with Crippen LogP contribution in [-0.4, -0.2) is 37.2 Å². The van der Waals surface area contributed by atoms with Gasteiger partial charge >= 0.3 is 17.9 Å². The van der Waals surface area contributed by atoms with Crippen molar-refractivity contribution in [3.05, 3.63) is 48.6 Å². The zero-order chi connectivity index (χ0) is 50.0. The SMILES string of the molecule is CCCC/C=C\CCCCCCCC(=O)OCC(COC(=O)CCCCCCCCCCCCCCC/C=C\C/C=C\CCCCCCC)OC(=O)CCCCCCC/C=C\CCCCCCCC. The van der Waals surface area contributed by atoms with Crippen LogP contribution in [-0.2, 0) is 28.6 Å². The number of ether oxygens (including phenoxy) is 3. The van der Waals surface area contributed by atoms with Gasteiger partial charge in [0.25, 0.3) is 0 Å². The number of hydrogen-bond acceptors (Lipinski definition) is 6. The monoisotopic (exact) mass is 967 g/mol. The molecule has 1 unspecified atom stereocenters. The molecule has 0 amide bonds. The highest BCUT2D eigenvalue weighted by Crippen LogP contribution is 2.16. The van der Waals surface area contributed by atoms with Crippen LogP contribution in [0.2, 0.25) is 0 Å². The molecule has 6 heteroatoms. The smallest absolute Gasteiger partial charge is 0.306 e. The van der Waals surface area contributed by atoms with E-state index < -0.39 is 6.10 Å². The molecule has 0 rings (SSSR count). The van der Waals surface area contributed by atoms with E-state index in [1.54, 1.807) is 0 Å². The highest BCUT2D eigenvalue weighted by atomic mass is 16.6. The van der Waals surface area contributed by atoms with Gasteiger partial charge in [-0.15, -0.1) is 0 Å². The normalized spacial score (nSPS) is 12.3. The molecule has 0 spiro atoms. The van der Waals surface area contributed by atoms with Crippen molar-refractivity contribution >= 4 is 17.9 Å². The first-order valence-electron chi connectivity index (χ1n) is 30.1. The Bertz CT molecular complexity index is 1200. The molecule has 1 atom stereocenters. The lowest BCUT2D eigenvalue weighted by atomic mass is 10.0. The zero-order valence-electron chi connectivity index (χ0n) is 46.1. The van der Waals surface area contributed by atoms with Gasteiger partial charge in [0.2, 0.25) is 0 Å². The van der Waals surface area contributed by atoms with E-state index in [4.69, 9.17) is 14.2 Å². The number of carbonyl (C=O) groups is 3. The molecule has 0 saturated heterocycles. The van der Waals surface area contributed by atoms with Gasteiger partial charge in [-0.1, -0.05) is 249 Å². The topological polar surface area (TPSA) is 78.9 Å². The van der Waals surface area contributed by atoms with Crippen LogP contribution in [0.3, 0.4) is 0 Å². The van der Waals surface area contributed by atoms with Crippen LogP contribution in [0.15, 0.2) is 48.6 Å². The molecule has 0 aliphatic rings. The van der Waals surface area contributed by atoms with Crippen LogP contribution in [0.5, 0.6) is 0 Å². The second-order valence-electron chi connectivity index (χ2n) is 20.2. The van der Waals surface area contributed by atoms with E-state index in [0.717, 1.165) is 77.0 Å². The van der Waals surface area contributed by atoms with Gasteiger partial charge < -0.3 is 14.2 Å². The van der Waals surface area contributed by atoms with Crippen LogP contribution >= 0.6 is 0 Å². The Morgan fingerprint density at radius 2 is 0.536 bits per heavy atom. The van der Waals surface area contributed by atoms with Gasteiger partial charge in [-0.25, -0.2) is 0 Å². The Morgan fingerprint density at radius 1 is 0.290 bits per heavy atom. The molecular weight excluding hydrogens is 853 g/mol. The predicted molar refractivity (Wildman–Crippen MR) is 298 cm³/mol. The fourth-order valence-corrected chi connectivity index (χ4v) is 8.69. The average molecular weight is 968 g/mol. The molecule has 0 N–H and O–H groups in total. The van der Waals surface area contributed by atoms with Crippen LogP contribution in [0.1, 0.15) is 316 Å². The quantitative estimate of drug-likeness (QED) is 0.0262. The summed E-state index contributed by atoms with van der Waals surface area (Å²) < 4.78 is 16.9. The molecule has 6 nitrogen and oxygen atoms in total. The third-order valence-corrected chi connectivity index (χ3v) is 13.3. The third kappa shape index (κ3) is 56.2. The summed E-state index contributed by atoms with van der Waals surface area (Å²) in [6.45, 7) is 6.60. The second kappa shape index (κ2) is 57.9. The van der Waals surface area contributed by atoms with Crippen molar-refractivity contribution in [3.8, 4) is 0 Å². The standard InChI is InChI=1S/C63H114O6/c1-4-7-10-13-16-19-22-24-26-27-28-29-30-31-32-33-34-35-37-38-41-44-47-50-53-56-62(65)68-59-60(58-67-61(64)55-52-49-46-43-40-21-18-15-12-9-6-3)69-63(66)57-54-51-48-45-42-39-36-25-23-20-17-14-11-8-5-2/h15,18,22,24-25,27-28,36,60H,4-14,16-17,19-21,23,26,29-35,37-59H2,1-3H3/b18-15-,24-22-,28-27-,36-25-. The zero-order valence-corrected chi connectivity index (χ0v) is 46.1. The number of allylic oxidation sites excluding steroid dienone is 8. The van der Waals surface area contributed by atoms with Gasteiger partial charge in [0, 0.05) is 19.3 Å². The highest BCUT2D eigenvalue weighted by molar-refractivity contribution is 5.71. The van der Waals surface area contributed by atoms with E-state index in [0.29, 0.717) is 19.3 Å². The van der Waals surface area contributed by atoms with Crippen molar-refractivity contribution in [2.45, 2.75) is 322 Å². The van der Waals surface area contributed by atoms with E-state index in [2.05, 4.69) is 69.4 Å². The third-order valence-electron chi connectivity index (χ3n) is 13.3. The molecule has 0 aliphatic heterocycles. The Labute approximate surface area is 428 Å². The molecule has 0 aromatic rings.